The van der Waals surface area contributed by atoms with Crippen LogP contribution in [-0.4, -0.2) is 29.0 Å². The number of aromatic nitrogens is 1. The second kappa shape index (κ2) is 8.50. The van der Waals surface area contributed by atoms with Gasteiger partial charge in [0.25, 0.3) is 0 Å². The van der Waals surface area contributed by atoms with Crippen LogP contribution in [0.15, 0.2) is 23.4 Å². The first kappa shape index (κ1) is 14.5. The molecule has 0 saturated carbocycles. The largest absolute Gasteiger partial charge is 0.396 e. The fraction of sp³-hybridized carbons (Fsp3) is 0.615. The Balaban J connectivity index is 2.62. The van der Waals surface area contributed by atoms with Crippen molar-refractivity contribution < 1.29 is 5.11 Å². The zero-order valence-electron chi connectivity index (χ0n) is 10.6. The summed E-state index contributed by atoms with van der Waals surface area (Å²) < 4.78 is 0. The maximum Gasteiger partial charge on any atom is 0.101 e. The zero-order chi connectivity index (χ0) is 12.5. The van der Waals surface area contributed by atoms with Gasteiger partial charge in [-0.3, -0.25) is 0 Å². The first-order valence-electron chi connectivity index (χ1n) is 6.21. The van der Waals surface area contributed by atoms with Gasteiger partial charge < -0.3 is 10.4 Å². The van der Waals surface area contributed by atoms with Crippen molar-refractivity contribution >= 4 is 11.8 Å². The number of nitrogens with zero attached hydrogens (tertiary/aromatic N) is 1. The molecule has 0 radical (unpaired) electrons. The van der Waals surface area contributed by atoms with Gasteiger partial charge >= 0.3 is 0 Å². The van der Waals surface area contributed by atoms with Gasteiger partial charge in [0.15, 0.2) is 0 Å². The van der Waals surface area contributed by atoms with Crippen LogP contribution in [-0.2, 0) is 0 Å². The van der Waals surface area contributed by atoms with Gasteiger partial charge in [0.2, 0.25) is 0 Å². The standard InChI is InChI=1S/C13H22N2OS/c1-3-7-14-11(2)12-6-4-8-15-13(12)17-10-5-9-16/h4,6,8,11,14,16H,3,5,7,9-10H2,1-2H3. The average molecular weight is 254 g/mol. The van der Waals surface area contributed by atoms with E-state index in [2.05, 4.69) is 30.2 Å². The lowest BCUT2D eigenvalue weighted by atomic mass is 10.1. The average Bonchev–Trinajstić information content (AvgIpc) is 2.37. The van der Waals surface area contributed by atoms with Crippen molar-refractivity contribution in [3.8, 4) is 0 Å². The number of hydrogen-bond donors (Lipinski definition) is 2. The molecule has 0 fully saturated rings. The highest BCUT2D eigenvalue weighted by Gasteiger charge is 2.10. The van der Waals surface area contributed by atoms with Crippen molar-refractivity contribution in [2.45, 2.75) is 37.8 Å². The van der Waals surface area contributed by atoms with Gasteiger partial charge in [-0.2, -0.15) is 0 Å². The molecular weight excluding hydrogens is 232 g/mol. The fourth-order valence-corrected chi connectivity index (χ4v) is 2.57. The SMILES string of the molecule is CCCNC(C)c1cccnc1SCCCO. The summed E-state index contributed by atoms with van der Waals surface area (Å²) in [5.74, 6) is 0.918. The molecule has 0 bridgehead atoms. The molecule has 0 aromatic carbocycles. The minimum Gasteiger partial charge on any atom is -0.396 e. The smallest absolute Gasteiger partial charge is 0.101 e. The molecular formula is C13H22N2OS. The molecule has 1 heterocycles. The quantitative estimate of drug-likeness (QED) is 0.553. The Hall–Kier alpha value is -0.580. The third kappa shape index (κ3) is 5.06. The molecule has 3 nitrogen and oxygen atoms in total. The Morgan fingerprint density at radius 1 is 1.53 bits per heavy atom. The third-order valence-electron chi connectivity index (χ3n) is 2.51. The number of aliphatic hydroxyl groups is 1. The molecule has 0 aliphatic rings. The number of rotatable bonds is 8. The van der Waals surface area contributed by atoms with Gasteiger partial charge in [0, 0.05) is 30.2 Å². The highest BCUT2D eigenvalue weighted by Crippen LogP contribution is 2.25. The van der Waals surface area contributed by atoms with E-state index in [1.54, 1.807) is 11.8 Å². The van der Waals surface area contributed by atoms with E-state index in [-0.39, 0.29) is 6.61 Å². The molecule has 96 valence electrons. The maximum atomic E-state index is 8.79. The Kier molecular flexibility index (Phi) is 7.24. The van der Waals surface area contributed by atoms with E-state index in [0.717, 1.165) is 30.2 Å². The van der Waals surface area contributed by atoms with Crippen LogP contribution in [0.25, 0.3) is 0 Å². The maximum absolute atomic E-state index is 8.79. The summed E-state index contributed by atoms with van der Waals surface area (Å²) in [6.45, 7) is 5.61. The molecule has 0 aliphatic carbocycles. The summed E-state index contributed by atoms with van der Waals surface area (Å²) in [7, 11) is 0. The summed E-state index contributed by atoms with van der Waals surface area (Å²) in [6.07, 6.45) is 3.78. The van der Waals surface area contributed by atoms with E-state index < -0.39 is 0 Å². The lowest BCUT2D eigenvalue weighted by Crippen LogP contribution is -2.20. The second-order valence-corrected chi connectivity index (χ2v) is 5.08. The Labute approximate surface area is 108 Å². The summed E-state index contributed by atoms with van der Waals surface area (Å²) in [6, 6.07) is 4.44. The summed E-state index contributed by atoms with van der Waals surface area (Å²) >= 11 is 1.72. The number of aliphatic hydroxyl groups excluding tert-OH is 1. The lowest BCUT2D eigenvalue weighted by molar-refractivity contribution is 0.296. The topological polar surface area (TPSA) is 45.2 Å². The molecule has 0 amide bonds. The minimum atomic E-state index is 0.249. The molecule has 2 N–H and O–H groups in total. The van der Waals surface area contributed by atoms with Crippen molar-refractivity contribution in [2.24, 2.45) is 0 Å². The lowest BCUT2D eigenvalue weighted by Gasteiger charge is -2.16. The zero-order valence-corrected chi connectivity index (χ0v) is 11.5. The van der Waals surface area contributed by atoms with E-state index in [9.17, 15) is 0 Å². The van der Waals surface area contributed by atoms with E-state index >= 15 is 0 Å². The van der Waals surface area contributed by atoms with E-state index in [0.29, 0.717) is 6.04 Å². The van der Waals surface area contributed by atoms with Gasteiger partial charge in [-0.15, -0.1) is 11.8 Å². The normalized spacial score (nSPS) is 12.6. The van der Waals surface area contributed by atoms with Crippen molar-refractivity contribution in [3.63, 3.8) is 0 Å². The number of hydrogen-bond acceptors (Lipinski definition) is 4. The predicted molar refractivity (Wildman–Crippen MR) is 73.4 cm³/mol. The van der Waals surface area contributed by atoms with Gasteiger partial charge in [-0.25, -0.2) is 4.98 Å². The first-order valence-corrected chi connectivity index (χ1v) is 7.20. The van der Waals surface area contributed by atoms with Crippen LogP contribution in [0.4, 0.5) is 0 Å². The molecule has 1 aromatic heterocycles. The van der Waals surface area contributed by atoms with E-state index in [1.807, 2.05) is 12.3 Å². The number of pyridine rings is 1. The molecule has 17 heavy (non-hydrogen) atoms. The molecule has 0 spiro atoms. The van der Waals surface area contributed by atoms with Crippen LogP contribution in [0.1, 0.15) is 38.3 Å². The fourth-order valence-electron chi connectivity index (χ4n) is 1.56. The van der Waals surface area contributed by atoms with Crippen LogP contribution >= 0.6 is 11.8 Å². The Morgan fingerprint density at radius 3 is 3.06 bits per heavy atom. The molecule has 0 aliphatic heterocycles. The van der Waals surface area contributed by atoms with Gasteiger partial charge in [-0.1, -0.05) is 13.0 Å². The molecule has 1 unspecified atom stereocenters. The van der Waals surface area contributed by atoms with E-state index in [1.165, 1.54) is 5.56 Å². The minimum absolute atomic E-state index is 0.249. The highest BCUT2D eigenvalue weighted by molar-refractivity contribution is 7.99. The van der Waals surface area contributed by atoms with Crippen LogP contribution in [0.3, 0.4) is 0 Å². The Morgan fingerprint density at radius 2 is 2.35 bits per heavy atom. The molecule has 0 saturated heterocycles. The van der Waals surface area contributed by atoms with Crippen molar-refractivity contribution in [1.29, 1.82) is 0 Å². The molecule has 1 aromatic rings. The molecule has 1 rings (SSSR count). The van der Waals surface area contributed by atoms with E-state index in [4.69, 9.17) is 5.11 Å². The van der Waals surface area contributed by atoms with Crippen molar-refractivity contribution in [3.05, 3.63) is 23.9 Å². The summed E-state index contributed by atoms with van der Waals surface area (Å²) in [4.78, 5) is 4.42. The molecule has 4 heteroatoms. The van der Waals surface area contributed by atoms with Crippen LogP contribution in [0.2, 0.25) is 0 Å². The number of thioether (sulfide) groups is 1. The first-order chi connectivity index (χ1) is 8.29. The summed E-state index contributed by atoms with van der Waals surface area (Å²) in [5.41, 5.74) is 1.25. The summed E-state index contributed by atoms with van der Waals surface area (Å²) in [5, 5.41) is 13.4. The van der Waals surface area contributed by atoms with Crippen LogP contribution < -0.4 is 5.32 Å². The molecule has 1 atom stereocenters. The highest BCUT2D eigenvalue weighted by atomic mass is 32.2. The Bertz CT molecular complexity index is 320. The van der Waals surface area contributed by atoms with Crippen LogP contribution in [0, 0.1) is 0 Å². The van der Waals surface area contributed by atoms with Gasteiger partial charge in [0.1, 0.15) is 5.03 Å². The predicted octanol–water partition coefficient (Wildman–Crippen LogP) is 2.62. The monoisotopic (exact) mass is 254 g/mol. The van der Waals surface area contributed by atoms with Crippen molar-refractivity contribution in [1.82, 2.24) is 10.3 Å². The number of nitrogens with one attached hydrogen (secondary N) is 1. The van der Waals surface area contributed by atoms with Gasteiger partial charge in [-0.05, 0) is 32.4 Å². The second-order valence-electron chi connectivity index (χ2n) is 4.00. The van der Waals surface area contributed by atoms with Crippen molar-refractivity contribution in [2.75, 3.05) is 18.9 Å². The third-order valence-corrected chi connectivity index (χ3v) is 3.62. The van der Waals surface area contributed by atoms with Gasteiger partial charge in [0.05, 0.1) is 0 Å². The van der Waals surface area contributed by atoms with Crippen LogP contribution in [0.5, 0.6) is 0 Å².